The predicted molar refractivity (Wildman–Crippen MR) is 66.5 cm³/mol. The van der Waals surface area contributed by atoms with E-state index in [9.17, 15) is 5.11 Å². The van der Waals surface area contributed by atoms with Crippen LogP contribution in [-0.4, -0.2) is 20.1 Å². The van der Waals surface area contributed by atoms with Crippen LogP contribution in [0.4, 0.5) is 0 Å². The Labute approximate surface area is 103 Å². The monoisotopic (exact) mass is 237 g/mol. The molecule has 2 rings (SSSR count). The van der Waals surface area contributed by atoms with Gasteiger partial charge in [-0.2, -0.15) is 0 Å². The second-order valence-electron chi connectivity index (χ2n) is 5.41. The van der Waals surface area contributed by atoms with Crippen molar-refractivity contribution in [3.63, 3.8) is 0 Å². The van der Waals surface area contributed by atoms with Crippen molar-refractivity contribution in [2.75, 3.05) is 0 Å². The van der Waals surface area contributed by atoms with E-state index in [1.807, 2.05) is 4.68 Å². The molecule has 96 valence electrons. The van der Waals surface area contributed by atoms with Crippen LogP contribution in [0.15, 0.2) is 6.20 Å². The first-order chi connectivity index (χ1) is 8.15. The quantitative estimate of drug-likeness (QED) is 0.822. The van der Waals surface area contributed by atoms with E-state index < -0.39 is 5.60 Å². The van der Waals surface area contributed by atoms with Crippen LogP contribution in [0.2, 0.25) is 0 Å². The Bertz CT molecular complexity index is 363. The smallest absolute Gasteiger partial charge is 0.108 e. The second kappa shape index (κ2) is 5.17. The van der Waals surface area contributed by atoms with Gasteiger partial charge >= 0.3 is 0 Å². The zero-order chi connectivity index (χ0) is 12.3. The van der Waals surface area contributed by atoms with Gasteiger partial charge in [-0.05, 0) is 38.0 Å². The summed E-state index contributed by atoms with van der Waals surface area (Å²) >= 11 is 0. The molecule has 1 N–H and O–H groups in total. The number of hydrogen-bond donors (Lipinski definition) is 1. The maximum atomic E-state index is 10.8. The third-order valence-corrected chi connectivity index (χ3v) is 3.87. The molecule has 0 radical (unpaired) electrons. The molecule has 2 atom stereocenters. The maximum Gasteiger partial charge on any atom is 0.108 e. The first-order valence-corrected chi connectivity index (χ1v) is 6.77. The standard InChI is InChI=1S/C13H23N3O/c1-3-9-16-12(10-14-15-16)13(17)7-4-5-11(2)6-8-13/h10-11,17H,3-9H2,1-2H3. The Hall–Kier alpha value is -0.900. The molecular weight excluding hydrogens is 214 g/mol. The summed E-state index contributed by atoms with van der Waals surface area (Å²) < 4.78 is 1.87. The summed E-state index contributed by atoms with van der Waals surface area (Å²) in [5.74, 6) is 0.722. The molecule has 1 aromatic heterocycles. The summed E-state index contributed by atoms with van der Waals surface area (Å²) in [5, 5.41) is 18.9. The number of hydrogen-bond acceptors (Lipinski definition) is 3. The first kappa shape index (κ1) is 12.6. The molecule has 1 aromatic rings. The normalized spacial score (nSPS) is 30.2. The summed E-state index contributed by atoms with van der Waals surface area (Å²) in [6.07, 6.45) is 7.84. The molecule has 4 heteroatoms. The molecule has 2 unspecified atom stereocenters. The van der Waals surface area contributed by atoms with E-state index in [4.69, 9.17) is 0 Å². The van der Waals surface area contributed by atoms with Crippen LogP contribution in [0.1, 0.15) is 58.1 Å². The van der Waals surface area contributed by atoms with Crippen molar-refractivity contribution < 1.29 is 5.11 Å². The Balaban J connectivity index is 2.20. The minimum atomic E-state index is -0.705. The molecule has 1 saturated carbocycles. The summed E-state index contributed by atoms with van der Waals surface area (Å²) in [5.41, 5.74) is 0.206. The largest absolute Gasteiger partial charge is 0.384 e. The predicted octanol–water partition coefficient (Wildman–Crippen LogP) is 2.48. The molecule has 1 heterocycles. The zero-order valence-electron chi connectivity index (χ0n) is 10.9. The lowest BCUT2D eigenvalue weighted by atomic mass is 9.90. The van der Waals surface area contributed by atoms with E-state index in [0.717, 1.165) is 50.3 Å². The molecule has 0 amide bonds. The first-order valence-electron chi connectivity index (χ1n) is 6.77. The average molecular weight is 237 g/mol. The number of aromatic nitrogens is 3. The Morgan fingerprint density at radius 2 is 2.29 bits per heavy atom. The minimum Gasteiger partial charge on any atom is -0.384 e. The molecule has 1 fully saturated rings. The van der Waals surface area contributed by atoms with Crippen molar-refractivity contribution >= 4 is 0 Å². The van der Waals surface area contributed by atoms with Crippen LogP contribution < -0.4 is 0 Å². The lowest BCUT2D eigenvalue weighted by Crippen LogP contribution is -2.28. The lowest BCUT2D eigenvalue weighted by Gasteiger charge is -2.26. The van der Waals surface area contributed by atoms with Gasteiger partial charge < -0.3 is 5.11 Å². The highest BCUT2D eigenvalue weighted by atomic mass is 16.3. The highest BCUT2D eigenvalue weighted by molar-refractivity contribution is 5.09. The van der Waals surface area contributed by atoms with Crippen molar-refractivity contribution in [3.8, 4) is 0 Å². The molecule has 0 saturated heterocycles. The number of aryl methyl sites for hydroxylation is 1. The van der Waals surface area contributed by atoms with E-state index >= 15 is 0 Å². The van der Waals surface area contributed by atoms with Gasteiger partial charge in [-0.1, -0.05) is 25.5 Å². The summed E-state index contributed by atoms with van der Waals surface area (Å²) in [6.45, 7) is 5.23. The van der Waals surface area contributed by atoms with Crippen LogP contribution in [-0.2, 0) is 12.1 Å². The number of nitrogens with zero attached hydrogens (tertiary/aromatic N) is 3. The van der Waals surface area contributed by atoms with E-state index in [0.29, 0.717) is 0 Å². The number of aliphatic hydroxyl groups is 1. The molecule has 0 bridgehead atoms. The molecule has 4 nitrogen and oxygen atoms in total. The van der Waals surface area contributed by atoms with Gasteiger partial charge in [-0.15, -0.1) is 5.10 Å². The van der Waals surface area contributed by atoms with Gasteiger partial charge in [0.15, 0.2) is 0 Å². The fourth-order valence-corrected chi connectivity index (χ4v) is 2.75. The summed E-state index contributed by atoms with van der Waals surface area (Å²) in [6, 6.07) is 0. The van der Waals surface area contributed by atoms with Crippen LogP contribution in [0.25, 0.3) is 0 Å². The zero-order valence-corrected chi connectivity index (χ0v) is 10.9. The molecule has 0 spiro atoms. The van der Waals surface area contributed by atoms with Gasteiger partial charge in [0.05, 0.1) is 11.9 Å². The molecule has 1 aliphatic rings. The summed E-state index contributed by atoms with van der Waals surface area (Å²) in [7, 11) is 0. The van der Waals surface area contributed by atoms with Gasteiger partial charge in [-0.25, -0.2) is 4.68 Å². The highest BCUT2D eigenvalue weighted by Gasteiger charge is 2.34. The Morgan fingerprint density at radius 3 is 3.06 bits per heavy atom. The van der Waals surface area contributed by atoms with E-state index in [1.165, 1.54) is 6.42 Å². The van der Waals surface area contributed by atoms with Crippen molar-refractivity contribution in [1.29, 1.82) is 0 Å². The molecule has 0 aromatic carbocycles. The van der Waals surface area contributed by atoms with Crippen molar-refractivity contribution in [1.82, 2.24) is 15.0 Å². The number of rotatable bonds is 3. The lowest BCUT2D eigenvalue weighted by molar-refractivity contribution is 0.0109. The fraction of sp³-hybridized carbons (Fsp3) is 0.846. The Kier molecular flexibility index (Phi) is 3.82. The molecule has 1 aliphatic carbocycles. The van der Waals surface area contributed by atoms with Crippen LogP contribution >= 0.6 is 0 Å². The van der Waals surface area contributed by atoms with E-state index in [1.54, 1.807) is 6.20 Å². The van der Waals surface area contributed by atoms with Crippen LogP contribution in [0.3, 0.4) is 0 Å². The Morgan fingerprint density at radius 1 is 1.47 bits per heavy atom. The van der Waals surface area contributed by atoms with Crippen molar-refractivity contribution in [2.24, 2.45) is 5.92 Å². The van der Waals surface area contributed by atoms with Crippen LogP contribution in [0, 0.1) is 5.92 Å². The van der Waals surface area contributed by atoms with Gasteiger partial charge in [0.1, 0.15) is 5.60 Å². The van der Waals surface area contributed by atoms with Crippen molar-refractivity contribution in [2.45, 2.75) is 64.5 Å². The molecule has 0 aliphatic heterocycles. The molecular formula is C13H23N3O. The van der Waals surface area contributed by atoms with Crippen molar-refractivity contribution in [3.05, 3.63) is 11.9 Å². The topological polar surface area (TPSA) is 50.9 Å². The van der Waals surface area contributed by atoms with Crippen LogP contribution in [0.5, 0.6) is 0 Å². The average Bonchev–Trinajstić information content (AvgIpc) is 2.69. The fourth-order valence-electron chi connectivity index (χ4n) is 2.75. The summed E-state index contributed by atoms with van der Waals surface area (Å²) in [4.78, 5) is 0. The third kappa shape index (κ3) is 2.68. The maximum absolute atomic E-state index is 10.8. The minimum absolute atomic E-state index is 0.705. The van der Waals surface area contributed by atoms with Gasteiger partial charge in [0, 0.05) is 6.54 Å². The molecule has 17 heavy (non-hydrogen) atoms. The second-order valence-corrected chi connectivity index (χ2v) is 5.41. The van der Waals surface area contributed by atoms with Gasteiger partial charge in [0.2, 0.25) is 0 Å². The SMILES string of the molecule is CCCn1nncc1C1(O)CCCC(C)CC1. The van der Waals surface area contributed by atoms with Gasteiger partial charge in [-0.3, -0.25) is 0 Å². The third-order valence-electron chi connectivity index (χ3n) is 3.87. The highest BCUT2D eigenvalue weighted by Crippen LogP contribution is 2.37. The van der Waals surface area contributed by atoms with E-state index in [-0.39, 0.29) is 0 Å². The van der Waals surface area contributed by atoms with E-state index in [2.05, 4.69) is 24.2 Å². The van der Waals surface area contributed by atoms with Gasteiger partial charge in [0.25, 0.3) is 0 Å².